The molecule has 1 atom stereocenters. The second-order valence-corrected chi connectivity index (χ2v) is 7.16. The molecule has 30 heavy (non-hydrogen) atoms. The number of aromatic amines is 1. The number of anilines is 1. The van der Waals surface area contributed by atoms with Gasteiger partial charge in [0.25, 0.3) is 5.56 Å². The average molecular weight is 412 g/mol. The Bertz CT molecular complexity index is 956. The lowest BCUT2D eigenvalue weighted by molar-refractivity contribution is -0.125. The maximum atomic E-state index is 12.6. The van der Waals surface area contributed by atoms with Crippen molar-refractivity contribution in [1.82, 2.24) is 20.2 Å². The number of nitrogens with one attached hydrogen (secondary N) is 2. The van der Waals surface area contributed by atoms with Crippen LogP contribution in [0.15, 0.2) is 47.5 Å². The first-order chi connectivity index (χ1) is 14.6. The highest BCUT2D eigenvalue weighted by Gasteiger charge is 2.30. The number of likely N-dealkylation sites (tertiary alicyclic amines) is 1. The quantitative estimate of drug-likeness (QED) is 0.642. The van der Waals surface area contributed by atoms with Crippen LogP contribution in [0, 0.1) is 0 Å². The van der Waals surface area contributed by atoms with Gasteiger partial charge in [0.2, 0.25) is 11.8 Å². The summed E-state index contributed by atoms with van der Waals surface area (Å²) in [6.07, 6.45) is 7.64. The minimum absolute atomic E-state index is 0.00958. The van der Waals surface area contributed by atoms with Crippen molar-refractivity contribution in [3.63, 3.8) is 0 Å². The van der Waals surface area contributed by atoms with E-state index in [4.69, 9.17) is 4.74 Å². The molecule has 1 unspecified atom stereocenters. The molecular formula is C22H29N5O3. The van der Waals surface area contributed by atoms with Crippen molar-refractivity contribution in [3.05, 3.63) is 53.1 Å². The van der Waals surface area contributed by atoms with Crippen LogP contribution in [0.4, 0.5) is 5.69 Å². The third-order valence-electron chi connectivity index (χ3n) is 5.31. The van der Waals surface area contributed by atoms with E-state index < -0.39 is 0 Å². The number of pyridine rings is 2. The van der Waals surface area contributed by atoms with Gasteiger partial charge in [0.1, 0.15) is 5.69 Å². The Labute approximate surface area is 176 Å². The van der Waals surface area contributed by atoms with Gasteiger partial charge in [-0.3, -0.25) is 9.59 Å². The molecule has 0 saturated carbocycles. The van der Waals surface area contributed by atoms with Crippen molar-refractivity contribution >= 4 is 11.6 Å². The SMILES string of the molecule is CCN(c1cc(-c2ccnc(OC)c2)c[nH]c1=O)C1CCN(C(=O)C=CCNC)C1. The summed E-state index contributed by atoms with van der Waals surface area (Å²) in [7, 11) is 3.41. The molecule has 2 aromatic heterocycles. The van der Waals surface area contributed by atoms with Crippen LogP contribution in [0.1, 0.15) is 13.3 Å². The molecule has 0 bridgehead atoms. The fourth-order valence-electron chi connectivity index (χ4n) is 3.76. The first-order valence-corrected chi connectivity index (χ1v) is 10.2. The molecule has 3 rings (SSSR count). The van der Waals surface area contributed by atoms with Crippen molar-refractivity contribution in [2.45, 2.75) is 19.4 Å². The zero-order valence-electron chi connectivity index (χ0n) is 17.7. The lowest BCUT2D eigenvalue weighted by Gasteiger charge is -2.29. The molecule has 0 aliphatic carbocycles. The van der Waals surface area contributed by atoms with Crippen LogP contribution < -0.4 is 20.5 Å². The molecular weight excluding hydrogens is 382 g/mol. The average Bonchev–Trinajstić information content (AvgIpc) is 3.25. The largest absolute Gasteiger partial charge is 0.481 e. The first kappa shape index (κ1) is 21.6. The maximum Gasteiger partial charge on any atom is 0.271 e. The van der Waals surface area contributed by atoms with E-state index in [0.29, 0.717) is 37.7 Å². The number of ether oxygens (including phenoxy) is 1. The van der Waals surface area contributed by atoms with Crippen LogP contribution in [0.25, 0.3) is 11.1 Å². The number of rotatable bonds is 8. The second-order valence-electron chi connectivity index (χ2n) is 7.16. The Hall–Kier alpha value is -3.13. The number of aromatic nitrogens is 2. The van der Waals surface area contributed by atoms with E-state index in [0.717, 1.165) is 17.5 Å². The standard InChI is InChI=1S/C22H29N5O3/c1-4-27(18-8-11-26(15-18)21(28)6-5-9-23-2)19-12-17(14-25-22(19)29)16-7-10-24-20(13-16)30-3/h5-7,10,12-14,18,23H,4,8-9,11,15H2,1-3H3,(H,25,29). The number of hydrogen-bond acceptors (Lipinski definition) is 6. The van der Waals surface area contributed by atoms with Crippen LogP contribution in [0.5, 0.6) is 5.88 Å². The number of hydrogen-bond donors (Lipinski definition) is 2. The molecule has 8 nitrogen and oxygen atoms in total. The van der Waals surface area contributed by atoms with Crippen molar-refractivity contribution in [2.75, 3.05) is 45.2 Å². The van der Waals surface area contributed by atoms with Crippen LogP contribution >= 0.6 is 0 Å². The molecule has 1 aliphatic heterocycles. The summed E-state index contributed by atoms with van der Waals surface area (Å²) in [5.41, 5.74) is 2.26. The first-order valence-electron chi connectivity index (χ1n) is 10.2. The van der Waals surface area contributed by atoms with Gasteiger partial charge in [-0.05, 0) is 38.1 Å². The molecule has 3 heterocycles. The molecule has 1 amide bonds. The Morgan fingerprint density at radius 2 is 2.27 bits per heavy atom. The number of amides is 1. The van der Waals surface area contributed by atoms with Crippen LogP contribution in [0.3, 0.4) is 0 Å². The van der Waals surface area contributed by atoms with E-state index in [-0.39, 0.29) is 17.5 Å². The number of carbonyl (C=O) groups excluding carboxylic acids is 1. The molecule has 2 N–H and O–H groups in total. The van der Waals surface area contributed by atoms with Crippen molar-refractivity contribution in [3.8, 4) is 17.0 Å². The molecule has 0 spiro atoms. The monoisotopic (exact) mass is 411 g/mol. The summed E-state index contributed by atoms with van der Waals surface area (Å²) < 4.78 is 5.21. The van der Waals surface area contributed by atoms with Crippen molar-refractivity contribution in [1.29, 1.82) is 0 Å². The predicted octanol–water partition coefficient (Wildman–Crippen LogP) is 1.65. The topological polar surface area (TPSA) is 90.6 Å². The zero-order valence-corrected chi connectivity index (χ0v) is 17.7. The fourth-order valence-corrected chi connectivity index (χ4v) is 3.76. The Morgan fingerprint density at radius 1 is 1.43 bits per heavy atom. The van der Waals surface area contributed by atoms with Crippen LogP contribution in [0.2, 0.25) is 0 Å². The summed E-state index contributed by atoms with van der Waals surface area (Å²) in [5, 5.41) is 2.99. The third kappa shape index (κ3) is 4.88. The molecule has 2 aromatic rings. The van der Waals surface area contributed by atoms with Gasteiger partial charge in [0.05, 0.1) is 7.11 Å². The van der Waals surface area contributed by atoms with E-state index >= 15 is 0 Å². The molecule has 1 aliphatic rings. The minimum Gasteiger partial charge on any atom is -0.481 e. The Balaban J connectivity index is 1.81. The van der Waals surface area contributed by atoms with Gasteiger partial charge in [-0.2, -0.15) is 0 Å². The van der Waals surface area contributed by atoms with Gasteiger partial charge in [-0.15, -0.1) is 0 Å². The van der Waals surface area contributed by atoms with E-state index in [1.807, 2.05) is 43.1 Å². The summed E-state index contributed by atoms with van der Waals surface area (Å²) in [4.78, 5) is 35.9. The van der Waals surface area contributed by atoms with Crippen LogP contribution in [-0.4, -0.2) is 67.2 Å². The highest BCUT2D eigenvalue weighted by molar-refractivity contribution is 5.88. The fraction of sp³-hybridized carbons (Fsp3) is 0.409. The Morgan fingerprint density at radius 3 is 3.00 bits per heavy atom. The number of nitrogens with zero attached hydrogens (tertiary/aromatic N) is 3. The number of methoxy groups -OCH3 is 1. The summed E-state index contributed by atoms with van der Waals surface area (Å²) in [5.74, 6) is 0.527. The zero-order chi connectivity index (χ0) is 21.5. The Kier molecular flexibility index (Phi) is 7.24. The van der Waals surface area contributed by atoms with Gasteiger partial charge >= 0.3 is 0 Å². The van der Waals surface area contributed by atoms with Gasteiger partial charge < -0.3 is 24.8 Å². The summed E-state index contributed by atoms with van der Waals surface area (Å²) in [6.45, 7) is 4.64. The second kappa shape index (κ2) is 10.1. The summed E-state index contributed by atoms with van der Waals surface area (Å²) >= 11 is 0. The highest BCUT2D eigenvalue weighted by atomic mass is 16.5. The number of H-pyrrole nitrogens is 1. The van der Waals surface area contributed by atoms with Gasteiger partial charge in [-0.25, -0.2) is 4.98 Å². The predicted molar refractivity (Wildman–Crippen MR) is 118 cm³/mol. The third-order valence-corrected chi connectivity index (χ3v) is 5.31. The number of carbonyl (C=O) groups is 1. The van der Waals surface area contributed by atoms with E-state index in [9.17, 15) is 9.59 Å². The highest BCUT2D eigenvalue weighted by Crippen LogP contribution is 2.26. The van der Waals surface area contributed by atoms with E-state index in [2.05, 4.69) is 20.2 Å². The smallest absolute Gasteiger partial charge is 0.271 e. The molecule has 8 heteroatoms. The summed E-state index contributed by atoms with van der Waals surface area (Å²) in [6, 6.07) is 5.71. The van der Waals surface area contributed by atoms with Gasteiger partial charge in [0, 0.05) is 62.3 Å². The van der Waals surface area contributed by atoms with Gasteiger partial charge in [-0.1, -0.05) is 6.08 Å². The molecule has 0 radical (unpaired) electrons. The van der Waals surface area contributed by atoms with Crippen molar-refractivity contribution in [2.24, 2.45) is 0 Å². The minimum atomic E-state index is -0.139. The van der Waals surface area contributed by atoms with E-state index in [1.54, 1.807) is 25.6 Å². The van der Waals surface area contributed by atoms with Crippen LogP contribution in [-0.2, 0) is 4.79 Å². The molecule has 1 fully saturated rings. The maximum absolute atomic E-state index is 12.6. The van der Waals surface area contributed by atoms with Gasteiger partial charge in [0.15, 0.2) is 0 Å². The van der Waals surface area contributed by atoms with Crippen molar-refractivity contribution < 1.29 is 9.53 Å². The molecule has 160 valence electrons. The lowest BCUT2D eigenvalue weighted by atomic mass is 10.1. The molecule has 1 saturated heterocycles. The van der Waals surface area contributed by atoms with E-state index in [1.165, 1.54) is 0 Å². The molecule has 0 aromatic carbocycles. The normalized spacial score (nSPS) is 16.2. The number of likely N-dealkylation sites (N-methyl/N-ethyl adjacent to an activating group) is 2. The lowest BCUT2D eigenvalue weighted by Crippen LogP contribution is -2.41.